The van der Waals surface area contributed by atoms with Gasteiger partial charge in [-0.25, -0.2) is 0 Å². The molecule has 1 radical (unpaired) electrons. The van der Waals surface area contributed by atoms with Gasteiger partial charge in [0.15, 0.2) is 0 Å². The van der Waals surface area contributed by atoms with Crippen LogP contribution in [0.15, 0.2) is 0 Å². The lowest BCUT2D eigenvalue weighted by molar-refractivity contribution is 0.226. The van der Waals surface area contributed by atoms with Crippen LogP contribution in [0.5, 0.6) is 0 Å². The van der Waals surface area contributed by atoms with E-state index in [-0.39, 0.29) is 0 Å². The zero-order valence-electron chi connectivity index (χ0n) is 3.36. The molecule has 0 rings (SSSR count). The van der Waals surface area contributed by atoms with Gasteiger partial charge >= 0.3 is 10.5 Å². The molecule has 0 aromatic carbocycles. The van der Waals surface area contributed by atoms with Gasteiger partial charge in [0.25, 0.3) is 5.94 Å². The van der Waals surface area contributed by atoms with E-state index in [1.54, 1.807) is 0 Å². The van der Waals surface area contributed by atoms with Crippen LogP contribution < -0.4 is 5.90 Å². The van der Waals surface area contributed by atoms with Gasteiger partial charge in [0.05, 0.1) is 4.55 Å². The predicted octanol–water partition coefficient (Wildman–Crippen LogP) is -1.41. The molecule has 43 valence electrons. The minimum Gasteiger partial charge on any atom is -0.347 e. The van der Waals surface area contributed by atoms with Crippen LogP contribution in [0.1, 0.15) is 0 Å². The second-order valence-electron chi connectivity index (χ2n) is 0.783. The van der Waals surface area contributed by atoms with E-state index in [9.17, 15) is 8.76 Å². The van der Waals surface area contributed by atoms with Crippen LogP contribution in [0.3, 0.4) is 0 Å². The summed E-state index contributed by atoms with van der Waals surface area (Å²) in [6.07, 6.45) is 0. The predicted molar refractivity (Wildman–Crippen MR) is 21.1 cm³/mol. The number of hydrogen-bond donors (Lipinski definition) is 2. The summed E-state index contributed by atoms with van der Waals surface area (Å²) in [5, 5.41) is 7.80. The van der Waals surface area contributed by atoms with Gasteiger partial charge in [-0.1, -0.05) is 0 Å². The molecule has 0 aliphatic rings. The Morgan fingerprint density at radius 1 is 1.86 bits per heavy atom. The van der Waals surface area contributed by atoms with Gasteiger partial charge < -0.3 is 5.11 Å². The van der Waals surface area contributed by atoms with Gasteiger partial charge in [0.2, 0.25) is 0 Å². The topological polar surface area (TPSA) is 92.5 Å². The summed E-state index contributed by atoms with van der Waals surface area (Å²) in [6.45, 7) is 0. The first-order chi connectivity index (χ1) is 3.12. The first kappa shape index (κ1) is 6.99. The van der Waals surface area contributed by atoms with E-state index in [2.05, 4.69) is 10.2 Å². The minimum absolute atomic E-state index is 1.08. The van der Waals surface area contributed by atoms with Crippen LogP contribution in [0.25, 0.3) is 0 Å². The molecular weight excluding hydrogens is 122 g/mol. The van der Waals surface area contributed by atoms with E-state index >= 15 is 0 Å². The normalized spacial score (nSPS) is 18.7. The number of aliphatic hydroxyl groups excluding tert-OH is 1. The Bertz CT molecular complexity index is 83.7. The van der Waals surface area contributed by atoms with Gasteiger partial charge in [-0.2, -0.15) is 5.90 Å². The van der Waals surface area contributed by atoms with E-state index < -0.39 is 16.4 Å². The molecule has 0 saturated carbocycles. The summed E-state index contributed by atoms with van der Waals surface area (Å²) < 4.78 is 22.9. The fourth-order valence-electron chi connectivity index (χ4n) is 0.0304. The number of hydrogen-bond acceptors (Lipinski definition) is 4. The average molecular weight is 127 g/mol. The maximum Gasteiger partial charge on any atom is 0.439 e. The molecule has 0 bridgehead atoms. The largest absolute Gasteiger partial charge is 0.439 e. The van der Waals surface area contributed by atoms with Crippen molar-refractivity contribution in [2.75, 3.05) is 5.94 Å². The lowest BCUT2D eigenvalue weighted by Gasteiger charge is -1.85. The molecule has 5 nitrogen and oxygen atoms in total. The summed E-state index contributed by atoms with van der Waals surface area (Å²) in [4.78, 5) is 0. The van der Waals surface area contributed by atoms with Gasteiger partial charge in [-0.15, -0.1) is 0 Å². The van der Waals surface area contributed by atoms with Gasteiger partial charge in [0, 0.05) is 0 Å². The molecule has 0 saturated heterocycles. The average Bonchev–Trinajstić information content (AvgIpc) is 1.68. The molecule has 1 unspecified atom stereocenters. The van der Waals surface area contributed by atoms with Crippen molar-refractivity contribution in [2.45, 2.75) is 0 Å². The van der Waals surface area contributed by atoms with Crippen LogP contribution in [0.2, 0.25) is 0 Å². The fourth-order valence-corrected chi connectivity index (χ4v) is 0.0913. The molecule has 6 heteroatoms. The second-order valence-corrected chi connectivity index (χ2v) is 2.35. The molecule has 0 aromatic rings. The zero-order valence-corrected chi connectivity index (χ0v) is 4.18. The van der Waals surface area contributed by atoms with E-state index in [1.165, 1.54) is 0 Å². The molecule has 0 aliphatic carbocycles. The van der Waals surface area contributed by atoms with Crippen molar-refractivity contribution >= 4 is 10.5 Å². The highest BCUT2D eigenvalue weighted by Crippen LogP contribution is 1.93. The van der Waals surface area contributed by atoms with Crippen LogP contribution in [-0.2, 0) is 23.5 Å². The smallest absolute Gasteiger partial charge is 0.347 e. The van der Waals surface area contributed by atoms with Crippen molar-refractivity contribution in [2.24, 2.45) is 5.90 Å². The number of nitrogens with two attached hydrogens (primary N) is 1. The molecular formula is CH5NO4S+. The molecule has 0 spiro atoms. The van der Waals surface area contributed by atoms with Gasteiger partial charge in [-0.3, -0.25) is 0 Å². The fraction of sp³-hybridized carbons (Fsp3) is 1.00. The summed E-state index contributed by atoms with van der Waals surface area (Å²) in [5.74, 6) is 3.09. The van der Waals surface area contributed by atoms with E-state index in [0.29, 0.717) is 0 Å². The van der Waals surface area contributed by atoms with Crippen molar-refractivity contribution in [3.63, 3.8) is 0 Å². The van der Waals surface area contributed by atoms with E-state index in [1.807, 2.05) is 0 Å². The molecule has 0 fully saturated rings. The van der Waals surface area contributed by atoms with Crippen LogP contribution in [-0.4, -0.2) is 11.0 Å². The Labute approximate surface area is 41.5 Å². The quantitative estimate of drug-likeness (QED) is 0.352. The molecule has 0 amide bonds. The first-order valence-corrected chi connectivity index (χ1v) is 2.92. The van der Waals surface area contributed by atoms with Crippen LogP contribution in [0, 0.1) is 0 Å². The summed E-state index contributed by atoms with van der Waals surface area (Å²) in [7, 11) is -3.82. The highest BCUT2D eigenvalue weighted by molar-refractivity contribution is 7.92. The SMILES string of the molecule is NO[S+]([O])(=O)CO. The maximum atomic E-state index is 9.77. The molecule has 0 heterocycles. The Kier molecular flexibility index (Phi) is 2.33. The summed E-state index contributed by atoms with van der Waals surface area (Å²) in [6, 6.07) is 0. The van der Waals surface area contributed by atoms with Crippen molar-refractivity contribution < 1.29 is 18.2 Å². The van der Waals surface area contributed by atoms with Crippen molar-refractivity contribution in [3.05, 3.63) is 0 Å². The number of rotatable bonds is 2. The van der Waals surface area contributed by atoms with Crippen molar-refractivity contribution in [3.8, 4) is 0 Å². The molecule has 1 atom stereocenters. The maximum absolute atomic E-state index is 9.77. The molecule has 3 N–H and O–H groups in total. The van der Waals surface area contributed by atoms with E-state index in [0.717, 1.165) is 0 Å². The molecule has 0 aromatic heterocycles. The van der Waals surface area contributed by atoms with Crippen LogP contribution >= 0.6 is 0 Å². The highest BCUT2D eigenvalue weighted by Gasteiger charge is 2.27. The lowest BCUT2D eigenvalue weighted by atomic mass is 11.7. The Hall–Kier alpha value is -0.0100. The molecule has 7 heavy (non-hydrogen) atoms. The summed E-state index contributed by atoms with van der Waals surface area (Å²) >= 11 is 0. The van der Waals surface area contributed by atoms with E-state index in [4.69, 9.17) is 5.11 Å². The minimum atomic E-state index is -3.82. The highest BCUT2D eigenvalue weighted by atomic mass is 32.3. The standard InChI is InChI=1S/CH5NO4S/c2-6-7(4,5)1-3/h3H,1-2H2/q+1. The van der Waals surface area contributed by atoms with Crippen LogP contribution in [0.4, 0.5) is 0 Å². The third-order valence-electron chi connectivity index (χ3n) is 0.305. The Morgan fingerprint density at radius 2 is 2.29 bits per heavy atom. The van der Waals surface area contributed by atoms with Gasteiger partial charge in [-0.05, 0) is 8.49 Å². The third-order valence-corrected chi connectivity index (χ3v) is 0.914. The summed E-state index contributed by atoms with van der Waals surface area (Å²) in [5.41, 5.74) is 0. The van der Waals surface area contributed by atoms with Crippen molar-refractivity contribution in [1.29, 1.82) is 0 Å². The first-order valence-electron chi connectivity index (χ1n) is 1.34. The van der Waals surface area contributed by atoms with Crippen molar-refractivity contribution in [1.82, 2.24) is 0 Å². The second kappa shape index (κ2) is 2.34. The zero-order chi connectivity index (χ0) is 5.91. The molecule has 0 aliphatic heterocycles. The van der Waals surface area contributed by atoms with Gasteiger partial charge in [0.1, 0.15) is 0 Å². The Balaban J connectivity index is 3.61. The number of aliphatic hydroxyl groups is 1. The monoisotopic (exact) mass is 127 g/mol. The Morgan fingerprint density at radius 3 is 2.29 bits per heavy atom. The third kappa shape index (κ3) is 2.66. The lowest BCUT2D eigenvalue weighted by Crippen LogP contribution is -2.19.